The number of rotatable bonds is 7. The van der Waals surface area contributed by atoms with Gasteiger partial charge in [-0.2, -0.15) is 13.2 Å². The molecule has 0 saturated carbocycles. The molecular weight excluding hydrogens is 460 g/mol. The number of piperidine rings is 1. The van der Waals surface area contributed by atoms with Gasteiger partial charge in [-0.3, -0.25) is 4.79 Å². The number of amides is 1. The van der Waals surface area contributed by atoms with Crippen LogP contribution in [0.1, 0.15) is 35.7 Å². The lowest BCUT2D eigenvalue weighted by Gasteiger charge is -2.34. The Morgan fingerprint density at radius 3 is 2.46 bits per heavy atom. The number of nitrogens with zero attached hydrogens (tertiary/aromatic N) is 1. The van der Waals surface area contributed by atoms with E-state index in [-0.39, 0.29) is 18.6 Å². The lowest BCUT2D eigenvalue weighted by molar-refractivity contribution is -0.137. The molecule has 1 heterocycles. The van der Waals surface area contributed by atoms with Crippen molar-refractivity contribution in [2.24, 2.45) is 5.92 Å². The second-order valence-corrected chi connectivity index (χ2v) is 8.95. The van der Waals surface area contributed by atoms with E-state index in [0.717, 1.165) is 48.8 Å². The molecule has 0 radical (unpaired) electrons. The van der Waals surface area contributed by atoms with Crippen molar-refractivity contribution >= 4 is 16.7 Å². The number of likely N-dealkylation sites (tertiary alicyclic amines) is 1. The van der Waals surface area contributed by atoms with Gasteiger partial charge in [-0.05, 0) is 92.7 Å². The number of fused-ring (bicyclic) bond motifs is 1. The third kappa shape index (κ3) is 6.11. The SMILES string of the molecule is C[C@@H](NC(=O)c1ccc2c(Oc3ccc(C(F)(F)F)cc3)cccc2c1)C1CCN(CCF)CC1. The zero-order valence-corrected chi connectivity index (χ0v) is 19.4. The van der Waals surface area contributed by atoms with Crippen molar-refractivity contribution in [3.63, 3.8) is 0 Å². The fraction of sp³-hybridized carbons (Fsp3) is 0.370. The minimum atomic E-state index is -4.40. The van der Waals surface area contributed by atoms with Gasteiger partial charge in [0, 0.05) is 23.5 Å². The molecule has 0 bridgehead atoms. The number of hydrogen-bond acceptors (Lipinski definition) is 3. The van der Waals surface area contributed by atoms with Crippen LogP contribution >= 0.6 is 0 Å². The van der Waals surface area contributed by atoms with Crippen LogP contribution in [-0.4, -0.2) is 43.2 Å². The van der Waals surface area contributed by atoms with Crippen LogP contribution in [0.15, 0.2) is 60.7 Å². The monoisotopic (exact) mass is 488 g/mol. The Labute approximate surface area is 201 Å². The molecule has 1 aliphatic rings. The van der Waals surface area contributed by atoms with Gasteiger partial charge < -0.3 is 15.0 Å². The molecule has 1 N–H and O–H groups in total. The number of carbonyl (C=O) groups is 1. The first-order chi connectivity index (χ1) is 16.7. The quantitative estimate of drug-likeness (QED) is 0.389. The van der Waals surface area contributed by atoms with E-state index in [1.165, 1.54) is 12.1 Å². The Morgan fingerprint density at radius 2 is 1.80 bits per heavy atom. The van der Waals surface area contributed by atoms with E-state index >= 15 is 0 Å². The summed E-state index contributed by atoms with van der Waals surface area (Å²) in [4.78, 5) is 15.0. The maximum atomic E-state index is 12.9. The van der Waals surface area contributed by atoms with E-state index < -0.39 is 11.7 Å². The summed E-state index contributed by atoms with van der Waals surface area (Å²) in [6.45, 7) is 3.81. The molecule has 3 aromatic rings. The zero-order valence-electron chi connectivity index (χ0n) is 19.4. The number of nitrogens with one attached hydrogen (secondary N) is 1. The topological polar surface area (TPSA) is 41.6 Å². The third-order valence-electron chi connectivity index (χ3n) is 6.61. The van der Waals surface area contributed by atoms with Gasteiger partial charge in [0.15, 0.2) is 0 Å². The predicted octanol–water partition coefficient (Wildman–Crippen LogP) is 6.45. The first-order valence-corrected chi connectivity index (χ1v) is 11.7. The lowest BCUT2D eigenvalue weighted by Crippen LogP contribution is -2.44. The van der Waals surface area contributed by atoms with Gasteiger partial charge in [-0.15, -0.1) is 0 Å². The van der Waals surface area contributed by atoms with Gasteiger partial charge in [0.05, 0.1) is 5.56 Å². The van der Waals surface area contributed by atoms with Crippen LogP contribution < -0.4 is 10.1 Å². The molecule has 1 saturated heterocycles. The van der Waals surface area contributed by atoms with Gasteiger partial charge in [0.1, 0.15) is 18.2 Å². The smallest absolute Gasteiger partial charge is 0.416 e. The summed E-state index contributed by atoms with van der Waals surface area (Å²) in [7, 11) is 0. The molecular formula is C27H28F4N2O2. The minimum absolute atomic E-state index is 0.0000566. The van der Waals surface area contributed by atoms with Crippen LogP contribution in [0.25, 0.3) is 10.8 Å². The van der Waals surface area contributed by atoms with Crippen molar-refractivity contribution in [1.29, 1.82) is 0 Å². The van der Waals surface area contributed by atoms with Crippen LogP contribution in [0, 0.1) is 5.92 Å². The normalized spacial score (nSPS) is 16.3. The van der Waals surface area contributed by atoms with Gasteiger partial charge >= 0.3 is 6.18 Å². The molecule has 0 aliphatic carbocycles. The number of alkyl halides is 4. The highest BCUT2D eigenvalue weighted by Gasteiger charge is 2.30. The van der Waals surface area contributed by atoms with E-state index in [1.54, 1.807) is 30.3 Å². The molecule has 1 aliphatic heterocycles. The van der Waals surface area contributed by atoms with Crippen LogP contribution in [-0.2, 0) is 6.18 Å². The van der Waals surface area contributed by atoms with Gasteiger partial charge in [0.2, 0.25) is 0 Å². The molecule has 0 unspecified atom stereocenters. The zero-order chi connectivity index (χ0) is 25.0. The summed E-state index contributed by atoms with van der Waals surface area (Å²) in [6.07, 6.45) is -2.56. The number of hydrogen-bond donors (Lipinski definition) is 1. The van der Waals surface area contributed by atoms with Crippen molar-refractivity contribution in [3.05, 3.63) is 71.8 Å². The standard InChI is InChI=1S/C27H28F4N2O2/c1-18(19-11-14-33(15-12-19)16-13-28)32-26(34)21-5-10-24-20(17-21)3-2-4-25(24)35-23-8-6-22(7-9-23)27(29,30)31/h2-10,17-19H,11-16H2,1H3,(H,32,34)/t18-/m1/s1. The van der Waals surface area contributed by atoms with Crippen molar-refractivity contribution in [3.8, 4) is 11.5 Å². The van der Waals surface area contributed by atoms with Gasteiger partial charge in [-0.25, -0.2) is 4.39 Å². The summed E-state index contributed by atoms with van der Waals surface area (Å²) >= 11 is 0. The molecule has 0 aromatic heterocycles. The average Bonchev–Trinajstić information content (AvgIpc) is 2.84. The van der Waals surface area contributed by atoms with E-state index in [1.807, 2.05) is 13.0 Å². The highest BCUT2D eigenvalue weighted by atomic mass is 19.4. The summed E-state index contributed by atoms with van der Waals surface area (Å²) in [6, 6.07) is 15.2. The summed E-state index contributed by atoms with van der Waals surface area (Å²) in [5, 5.41) is 4.63. The maximum Gasteiger partial charge on any atom is 0.416 e. The lowest BCUT2D eigenvalue weighted by atomic mass is 9.90. The Kier molecular flexibility index (Phi) is 7.60. The van der Waals surface area contributed by atoms with E-state index in [9.17, 15) is 22.4 Å². The number of halogens is 4. The Balaban J connectivity index is 1.43. The number of ether oxygens (including phenoxy) is 1. The van der Waals surface area contributed by atoms with E-state index in [4.69, 9.17) is 4.74 Å². The molecule has 1 fully saturated rings. The minimum Gasteiger partial charge on any atom is -0.457 e. The van der Waals surface area contributed by atoms with Gasteiger partial charge in [-0.1, -0.05) is 12.1 Å². The summed E-state index contributed by atoms with van der Waals surface area (Å²) < 4.78 is 56.8. The second kappa shape index (κ2) is 10.6. The van der Waals surface area contributed by atoms with Crippen LogP contribution in [0.4, 0.5) is 17.6 Å². The Hall–Kier alpha value is -3.13. The first kappa shape index (κ1) is 25.0. The van der Waals surface area contributed by atoms with E-state index in [2.05, 4.69) is 10.2 Å². The molecule has 1 amide bonds. The molecule has 3 aromatic carbocycles. The molecule has 35 heavy (non-hydrogen) atoms. The van der Waals surface area contributed by atoms with Crippen molar-refractivity contribution in [1.82, 2.24) is 10.2 Å². The molecule has 1 atom stereocenters. The first-order valence-electron chi connectivity index (χ1n) is 11.7. The Morgan fingerprint density at radius 1 is 1.09 bits per heavy atom. The third-order valence-corrected chi connectivity index (χ3v) is 6.61. The number of carbonyl (C=O) groups excluding carboxylic acids is 1. The molecule has 0 spiro atoms. The van der Waals surface area contributed by atoms with Crippen molar-refractivity contribution < 1.29 is 27.1 Å². The Bertz CT molecular complexity index is 1160. The summed E-state index contributed by atoms with van der Waals surface area (Å²) in [5.74, 6) is 0.958. The van der Waals surface area contributed by atoms with Crippen LogP contribution in [0.3, 0.4) is 0 Å². The van der Waals surface area contributed by atoms with Gasteiger partial charge in [0.25, 0.3) is 5.91 Å². The average molecular weight is 489 g/mol. The molecule has 4 rings (SSSR count). The van der Waals surface area contributed by atoms with E-state index in [0.29, 0.717) is 29.5 Å². The molecule has 186 valence electrons. The highest BCUT2D eigenvalue weighted by molar-refractivity contribution is 6.00. The maximum absolute atomic E-state index is 12.9. The largest absolute Gasteiger partial charge is 0.457 e. The fourth-order valence-electron chi connectivity index (χ4n) is 4.53. The second-order valence-electron chi connectivity index (χ2n) is 8.95. The highest BCUT2D eigenvalue weighted by Crippen LogP contribution is 2.34. The number of benzene rings is 3. The van der Waals surface area contributed by atoms with Crippen LogP contribution in [0.2, 0.25) is 0 Å². The van der Waals surface area contributed by atoms with Crippen molar-refractivity contribution in [2.75, 3.05) is 26.3 Å². The summed E-state index contributed by atoms with van der Waals surface area (Å²) in [5.41, 5.74) is -0.219. The molecule has 8 heteroatoms. The molecule has 4 nitrogen and oxygen atoms in total. The van der Waals surface area contributed by atoms with Crippen molar-refractivity contribution in [2.45, 2.75) is 32.0 Å². The fourth-order valence-corrected chi connectivity index (χ4v) is 4.53. The predicted molar refractivity (Wildman–Crippen MR) is 128 cm³/mol. The van der Waals surface area contributed by atoms with Crippen LogP contribution in [0.5, 0.6) is 11.5 Å².